The lowest BCUT2D eigenvalue weighted by molar-refractivity contribution is 0.314. The molecule has 0 aliphatic carbocycles. The smallest absolute Gasteiger partial charge is 0.157 e. The molecule has 0 bridgehead atoms. The average molecular weight is 242 g/mol. The third-order valence-electron chi connectivity index (χ3n) is 2.30. The Kier molecular flexibility index (Phi) is 3.60. The van der Waals surface area contributed by atoms with Crippen LogP contribution in [-0.4, -0.2) is 31.8 Å². The number of nitrogens with zero attached hydrogens (tertiary/aromatic N) is 4. The van der Waals surface area contributed by atoms with Crippen LogP contribution in [0.3, 0.4) is 0 Å². The first kappa shape index (κ1) is 11.7. The molecule has 6 heteroatoms. The van der Waals surface area contributed by atoms with Gasteiger partial charge in [0.05, 0.1) is 5.69 Å². The largest absolute Gasteiger partial charge is 0.410 e. The maximum absolute atomic E-state index is 9.09. The van der Waals surface area contributed by atoms with Crippen LogP contribution in [0.15, 0.2) is 59.2 Å². The van der Waals surface area contributed by atoms with Gasteiger partial charge in [0, 0.05) is 11.8 Å². The van der Waals surface area contributed by atoms with E-state index in [0.717, 1.165) is 0 Å². The summed E-state index contributed by atoms with van der Waals surface area (Å²) in [6.45, 7) is 0. The van der Waals surface area contributed by atoms with Crippen LogP contribution < -0.4 is 0 Å². The molecule has 2 aromatic rings. The van der Waals surface area contributed by atoms with Crippen molar-refractivity contribution in [3.63, 3.8) is 0 Å². The maximum atomic E-state index is 9.09. The van der Waals surface area contributed by atoms with Gasteiger partial charge in [-0.3, -0.25) is 0 Å². The SMILES string of the molecule is ON=C(C(=NO)c1ccncn1)c1ccccc1. The Morgan fingerprint density at radius 1 is 0.944 bits per heavy atom. The quantitative estimate of drug-likeness (QED) is 0.485. The van der Waals surface area contributed by atoms with Gasteiger partial charge < -0.3 is 10.4 Å². The van der Waals surface area contributed by atoms with E-state index in [4.69, 9.17) is 10.4 Å². The summed E-state index contributed by atoms with van der Waals surface area (Å²) in [7, 11) is 0. The van der Waals surface area contributed by atoms with Crippen LogP contribution in [0.1, 0.15) is 11.3 Å². The topological polar surface area (TPSA) is 91.0 Å². The molecule has 6 nitrogen and oxygen atoms in total. The fourth-order valence-corrected chi connectivity index (χ4v) is 1.49. The molecule has 1 heterocycles. The van der Waals surface area contributed by atoms with E-state index in [9.17, 15) is 0 Å². The summed E-state index contributed by atoms with van der Waals surface area (Å²) in [4.78, 5) is 7.72. The molecule has 1 aromatic heterocycles. The molecule has 0 saturated carbocycles. The molecule has 0 saturated heterocycles. The summed E-state index contributed by atoms with van der Waals surface area (Å²) in [6, 6.07) is 10.4. The van der Waals surface area contributed by atoms with Crippen LogP contribution in [0, 0.1) is 0 Å². The van der Waals surface area contributed by atoms with Gasteiger partial charge in [0.2, 0.25) is 0 Å². The average Bonchev–Trinajstić information content (AvgIpc) is 2.46. The van der Waals surface area contributed by atoms with Gasteiger partial charge in [0.15, 0.2) is 5.71 Å². The second-order valence-corrected chi connectivity index (χ2v) is 3.36. The molecule has 1 aromatic carbocycles. The monoisotopic (exact) mass is 242 g/mol. The number of benzene rings is 1. The summed E-state index contributed by atoms with van der Waals surface area (Å²) in [5.74, 6) is 0. The Bertz CT molecular complexity index is 514. The molecule has 0 unspecified atom stereocenters. The molecule has 0 radical (unpaired) electrons. The van der Waals surface area contributed by atoms with E-state index < -0.39 is 0 Å². The van der Waals surface area contributed by atoms with Gasteiger partial charge in [-0.05, 0) is 6.07 Å². The molecule has 2 N–H and O–H groups in total. The minimum absolute atomic E-state index is 0.0751. The van der Waals surface area contributed by atoms with Gasteiger partial charge in [-0.25, -0.2) is 9.97 Å². The zero-order valence-electron chi connectivity index (χ0n) is 9.30. The normalized spacial score (nSPS) is 12.4. The van der Waals surface area contributed by atoms with Gasteiger partial charge >= 0.3 is 0 Å². The number of hydrogen-bond acceptors (Lipinski definition) is 6. The lowest BCUT2D eigenvalue weighted by Crippen LogP contribution is -2.18. The van der Waals surface area contributed by atoms with Crippen LogP contribution in [-0.2, 0) is 0 Å². The van der Waals surface area contributed by atoms with Crippen LogP contribution in [0.5, 0.6) is 0 Å². The summed E-state index contributed by atoms with van der Waals surface area (Å²) in [6.07, 6.45) is 2.83. The standard InChI is InChI=1S/C12H10N4O2/c17-15-11(9-4-2-1-3-5-9)12(16-18)10-6-7-13-8-14-10/h1-8,17-18H. The lowest BCUT2D eigenvalue weighted by Gasteiger charge is -2.05. The first-order chi connectivity index (χ1) is 8.86. The van der Waals surface area contributed by atoms with E-state index in [2.05, 4.69) is 20.3 Å². The molecule has 0 atom stereocenters. The Morgan fingerprint density at radius 3 is 2.22 bits per heavy atom. The summed E-state index contributed by atoms with van der Waals surface area (Å²) < 4.78 is 0. The second kappa shape index (κ2) is 5.53. The van der Waals surface area contributed by atoms with E-state index in [1.165, 1.54) is 12.5 Å². The van der Waals surface area contributed by atoms with Crippen LogP contribution in [0.4, 0.5) is 0 Å². The summed E-state index contributed by atoms with van der Waals surface area (Å²) >= 11 is 0. The Hall–Kier alpha value is -2.76. The van der Waals surface area contributed by atoms with Gasteiger partial charge in [-0.15, -0.1) is 0 Å². The van der Waals surface area contributed by atoms with Crippen LogP contribution >= 0.6 is 0 Å². The van der Waals surface area contributed by atoms with Crippen molar-refractivity contribution in [3.8, 4) is 0 Å². The van der Waals surface area contributed by atoms with Gasteiger partial charge in [0.25, 0.3) is 0 Å². The summed E-state index contributed by atoms with van der Waals surface area (Å²) in [5.41, 5.74) is 1.19. The van der Waals surface area contributed by atoms with E-state index in [-0.39, 0.29) is 11.4 Å². The zero-order valence-corrected chi connectivity index (χ0v) is 9.30. The Morgan fingerprint density at radius 2 is 1.67 bits per heavy atom. The molecule has 90 valence electrons. The highest BCUT2D eigenvalue weighted by molar-refractivity contribution is 6.52. The number of aromatic nitrogens is 2. The Labute approximate surface area is 103 Å². The van der Waals surface area contributed by atoms with Gasteiger partial charge in [0.1, 0.15) is 12.0 Å². The van der Waals surface area contributed by atoms with Crippen molar-refractivity contribution in [3.05, 3.63) is 60.2 Å². The van der Waals surface area contributed by atoms with Crippen LogP contribution in [0.2, 0.25) is 0 Å². The van der Waals surface area contributed by atoms with Crippen molar-refractivity contribution in [1.82, 2.24) is 9.97 Å². The third-order valence-corrected chi connectivity index (χ3v) is 2.30. The van der Waals surface area contributed by atoms with Crippen molar-refractivity contribution in [2.75, 3.05) is 0 Å². The number of oxime groups is 2. The number of hydrogen-bond donors (Lipinski definition) is 2. The van der Waals surface area contributed by atoms with E-state index in [0.29, 0.717) is 11.3 Å². The van der Waals surface area contributed by atoms with E-state index in [1.807, 2.05) is 6.07 Å². The van der Waals surface area contributed by atoms with Crippen molar-refractivity contribution in [1.29, 1.82) is 0 Å². The van der Waals surface area contributed by atoms with E-state index >= 15 is 0 Å². The first-order valence-electron chi connectivity index (χ1n) is 5.13. The summed E-state index contributed by atoms with van der Waals surface area (Å²) in [5, 5.41) is 24.5. The van der Waals surface area contributed by atoms with Crippen molar-refractivity contribution >= 4 is 11.4 Å². The predicted octanol–water partition coefficient (Wildman–Crippen LogP) is 1.53. The highest BCUT2D eigenvalue weighted by atomic mass is 16.4. The molecule has 0 aliphatic heterocycles. The molecular weight excluding hydrogens is 232 g/mol. The molecule has 18 heavy (non-hydrogen) atoms. The fraction of sp³-hybridized carbons (Fsp3) is 0. The fourth-order valence-electron chi connectivity index (χ4n) is 1.49. The van der Waals surface area contributed by atoms with E-state index in [1.54, 1.807) is 30.3 Å². The third kappa shape index (κ3) is 2.32. The van der Waals surface area contributed by atoms with Gasteiger partial charge in [-0.2, -0.15) is 0 Å². The zero-order chi connectivity index (χ0) is 12.8. The molecule has 0 spiro atoms. The highest BCUT2D eigenvalue weighted by Crippen LogP contribution is 2.07. The maximum Gasteiger partial charge on any atom is 0.157 e. The minimum atomic E-state index is 0.0751. The van der Waals surface area contributed by atoms with Crippen LogP contribution in [0.25, 0.3) is 0 Å². The molecule has 0 amide bonds. The van der Waals surface area contributed by atoms with Crippen molar-refractivity contribution < 1.29 is 10.4 Å². The minimum Gasteiger partial charge on any atom is -0.410 e. The Balaban J connectivity index is 2.45. The second-order valence-electron chi connectivity index (χ2n) is 3.36. The molecule has 0 fully saturated rings. The van der Waals surface area contributed by atoms with Crippen molar-refractivity contribution in [2.24, 2.45) is 10.3 Å². The molecular formula is C12H10N4O2. The first-order valence-corrected chi connectivity index (χ1v) is 5.13. The predicted molar refractivity (Wildman–Crippen MR) is 65.1 cm³/mol. The molecule has 0 aliphatic rings. The highest BCUT2D eigenvalue weighted by Gasteiger charge is 2.16. The van der Waals surface area contributed by atoms with Crippen molar-refractivity contribution in [2.45, 2.75) is 0 Å². The molecule has 2 rings (SSSR count). The lowest BCUT2D eigenvalue weighted by atomic mass is 10.0. The number of rotatable bonds is 3. The van der Waals surface area contributed by atoms with Gasteiger partial charge in [-0.1, -0.05) is 40.6 Å².